The van der Waals surface area contributed by atoms with Crippen molar-refractivity contribution in [3.8, 4) is 0 Å². The van der Waals surface area contributed by atoms with Crippen LogP contribution in [0.1, 0.15) is 74.1 Å². The molecule has 84 heavy (non-hydrogen) atoms. The quantitative estimate of drug-likeness (QED) is 0.0449. The van der Waals surface area contributed by atoms with Crippen LogP contribution in [0.2, 0.25) is 0 Å². The molecule has 486 valence electrons. The van der Waals surface area contributed by atoms with E-state index >= 15 is 0 Å². The van der Waals surface area contributed by atoms with Crippen LogP contribution in [-0.2, 0) is 66.3 Å². The zero-order valence-electron chi connectivity index (χ0n) is 47.9. The fourth-order valence-electron chi connectivity index (χ4n) is 10.6. The first-order valence-electron chi connectivity index (χ1n) is 28.5. The van der Waals surface area contributed by atoms with Gasteiger partial charge < -0.3 is 148 Å². The van der Waals surface area contributed by atoms with Crippen LogP contribution in [0.15, 0.2) is 34.9 Å². The Bertz CT molecular complexity index is 2100. The summed E-state index contributed by atoms with van der Waals surface area (Å²) in [7, 11) is 0. The van der Waals surface area contributed by atoms with Crippen molar-refractivity contribution in [2.75, 3.05) is 33.0 Å². The maximum Gasteiger partial charge on any atom is 0.187 e. The van der Waals surface area contributed by atoms with Crippen LogP contribution in [-0.4, -0.2) is 311 Å². The second-order valence-electron chi connectivity index (χ2n) is 23.0. The molecule has 0 spiro atoms. The summed E-state index contributed by atoms with van der Waals surface area (Å²) in [5.41, 5.74) is 3.46. The Kier molecular flexibility index (Phi) is 25.8. The molecule has 16 N–H and O–H groups in total. The maximum atomic E-state index is 11.8. The second-order valence-corrected chi connectivity index (χ2v) is 23.0. The van der Waals surface area contributed by atoms with E-state index in [1.165, 1.54) is 31.9 Å². The van der Waals surface area contributed by atoms with Crippen molar-refractivity contribution in [2.45, 2.75) is 271 Å². The summed E-state index contributed by atoms with van der Waals surface area (Å²) in [5, 5.41) is 174. The van der Waals surface area contributed by atoms with Gasteiger partial charge in [0.25, 0.3) is 0 Å². The van der Waals surface area contributed by atoms with E-state index < -0.39 is 216 Å². The van der Waals surface area contributed by atoms with Crippen molar-refractivity contribution >= 4 is 0 Å². The highest BCUT2D eigenvalue weighted by Gasteiger charge is 2.55. The monoisotopic (exact) mass is 1220 g/mol. The molecule has 30 nitrogen and oxygen atoms in total. The fourth-order valence-corrected chi connectivity index (χ4v) is 10.6. The van der Waals surface area contributed by atoms with Crippen molar-refractivity contribution in [3.63, 3.8) is 0 Å². The molecule has 0 bridgehead atoms. The predicted molar refractivity (Wildman–Crippen MR) is 279 cm³/mol. The molecule has 30 heteroatoms. The summed E-state index contributed by atoms with van der Waals surface area (Å²) in [6, 6.07) is 0. The first kappa shape index (κ1) is 69.5. The number of aliphatic hydroxyl groups is 16. The minimum atomic E-state index is -2.00. The molecule has 32 unspecified atom stereocenters. The lowest BCUT2D eigenvalue weighted by Gasteiger charge is -2.48. The molecule has 7 saturated heterocycles. The third-order valence-corrected chi connectivity index (χ3v) is 16.1. The summed E-state index contributed by atoms with van der Waals surface area (Å²) >= 11 is 0. The minimum absolute atomic E-state index is 0.0917. The smallest absolute Gasteiger partial charge is 0.187 e. The topological polar surface area (TPSA) is 453 Å². The average Bonchev–Trinajstić information content (AvgIpc) is 2.19. The van der Waals surface area contributed by atoms with Gasteiger partial charge in [0.2, 0.25) is 0 Å². The van der Waals surface area contributed by atoms with Gasteiger partial charge in [0.1, 0.15) is 134 Å². The van der Waals surface area contributed by atoms with Gasteiger partial charge in [-0.25, -0.2) is 0 Å². The largest absolute Gasteiger partial charge is 0.388 e. The highest BCUT2D eigenvalue weighted by atomic mass is 16.8. The van der Waals surface area contributed by atoms with Gasteiger partial charge in [-0.15, -0.1) is 0 Å². The summed E-state index contributed by atoms with van der Waals surface area (Å²) < 4.78 is 80.4. The van der Waals surface area contributed by atoms with Gasteiger partial charge in [-0.3, -0.25) is 0 Å². The molecule has 0 amide bonds. The lowest BCUT2D eigenvalue weighted by molar-refractivity contribution is -0.384. The number of ether oxygens (including phenoxy) is 14. The molecule has 0 radical (unpaired) electrons. The first-order valence-corrected chi connectivity index (χ1v) is 28.5. The van der Waals surface area contributed by atoms with Gasteiger partial charge in [-0.05, 0) is 74.1 Å². The molecule has 0 aromatic carbocycles. The van der Waals surface area contributed by atoms with Crippen molar-refractivity contribution in [1.29, 1.82) is 0 Å². The van der Waals surface area contributed by atoms with E-state index in [0.29, 0.717) is 6.42 Å². The Morgan fingerprint density at radius 2 is 0.810 bits per heavy atom. The van der Waals surface area contributed by atoms with E-state index in [4.69, 9.17) is 66.3 Å². The molecule has 7 rings (SSSR count). The van der Waals surface area contributed by atoms with E-state index in [2.05, 4.69) is 32.9 Å². The van der Waals surface area contributed by atoms with Crippen LogP contribution in [0.25, 0.3) is 0 Å². The Hall–Kier alpha value is -1.98. The lowest BCUT2D eigenvalue weighted by Crippen LogP contribution is -2.66. The van der Waals surface area contributed by atoms with Crippen LogP contribution in [0.5, 0.6) is 0 Å². The van der Waals surface area contributed by atoms with Crippen LogP contribution in [0.4, 0.5) is 0 Å². The van der Waals surface area contributed by atoms with Gasteiger partial charge in [-0.2, -0.15) is 0 Å². The highest BCUT2D eigenvalue weighted by molar-refractivity contribution is 5.06. The molecule has 0 aliphatic carbocycles. The highest BCUT2D eigenvalue weighted by Crippen LogP contribution is 2.36. The predicted octanol–water partition coefficient (Wildman–Crippen LogP) is -5.83. The van der Waals surface area contributed by atoms with E-state index in [9.17, 15) is 81.7 Å². The zero-order chi connectivity index (χ0) is 61.6. The molecular formula is C54H90O30. The molecule has 0 saturated carbocycles. The van der Waals surface area contributed by atoms with Crippen LogP contribution < -0.4 is 0 Å². The summed E-state index contributed by atoms with van der Waals surface area (Å²) in [5.74, 6) is 0. The summed E-state index contributed by atoms with van der Waals surface area (Å²) in [6.07, 6.45) is -41.8. The molecule has 0 aromatic rings. The summed E-state index contributed by atoms with van der Waals surface area (Å²) in [4.78, 5) is 0. The molecular weight excluding hydrogens is 1130 g/mol. The normalized spacial score (nSPS) is 48.2. The zero-order valence-corrected chi connectivity index (χ0v) is 47.9. The summed E-state index contributed by atoms with van der Waals surface area (Å²) in [6.45, 7) is 10.3. The van der Waals surface area contributed by atoms with Gasteiger partial charge in [0, 0.05) is 0 Å². The third-order valence-electron chi connectivity index (χ3n) is 16.1. The number of allylic oxidation sites excluding steroid dienone is 5. The fraction of sp³-hybridized carbons (Fsp3) is 0.889. The second kappa shape index (κ2) is 31.2. The molecule has 7 aliphatic rings. The molecule has 0 aromatic heterocycles. The number of aliphatic hydroxyl groups excluding tert-OH is 16. The minimum Gasteiger partial charge on any atom is -0.388 e. The molecule has 7 heterocycles. The molecule has 32 atom stereocenters. The van der Waals surface area contributed by atoms with Crippen molar-refractivity contribution in [3.05, 3.63) is 34.9 Å². The van der Waals surface area contributed by atoms with Crippen LogP contribution >= 0.6 is 0 Å². The average molecular weight is 1220 g/mol. The Balaban J connectivity index is 0.954. The Morgan fingerprint density at radius 1 is 0.369 bits per heavy atom. The van der Waals surface area contributed by atoms with Gasteiger partial charge in [0.05, 0.1) is 51.3 Å². The number of hydrogen-bond acceptors (Lipinski definition) is 30. The van der Waals surface area contributed by atoms with E-state index in [1.54, 1.807) is 6.08 Å². The Labute approximate surface area is 485 Å². The molecule has 7 aliphatic heterocycles. The maximum absolute atomic E-state index is 11.8. The standard InChI is InChI=1S/C54H90O30/c1-20(2)10-8-11-21(3)12-9-13-22(4)14-15-71-51-44(70)47(34(60)29(80-51)19-74-48-39(65)32(58)27(17-73-48)79-49-38(64)31(57)26(55)16-72-49)84-54-43(69)37(63)46(25(7)78-54)83-53-42(68)36(62)45(24(6)77-53)82-50-40(66)33(59)28(18-75-50)81-52-41(67)35(61)30(56)23(5)76-52/h10,12,14,23-70H,8-9,11,13,15-19H2,1-7H3. The molecule has 7 fully saturated rings. The van der Waals surface area contributed by atoms with Gasteiger partial charge in [-0.1, -0.05) is 34.9 Å². The van der Waals surface area contributed by atoms with E-state index in [0.717, 1.165) is 24.8 Å². The van der Waals surface area contributed by atoms with Crippen LogP contribution in [0, 0.1) is 0 Å². The number of rotatable bonds is 22. The van der Waals surface area contributed by atoms with Crippen molar-refractivity contribution < 1.29 is 148 Å². The van der Waals surface area contributed by atoms with Crippen molar-refractivity contribution in [2.24, 2.45) is 0 Å². The van der Waals surface area contributed by atoms with Gasteiger partial charge >= 0.3 is 0 Å². The van der Waals surface area contributed by atoms with E-state index in [1.807, 2.05) is 6.92 Å². The van der Waals surface area contributed by atoms with Crippen molar-refractivity contribution in [1.82, 2.24) is 0 Å². The van der Waals surface area contributed by atoms with Crippen LogP contribution in [0.3, 0.4) is 0 Å². The Morgan fingerprint density at radius 3 is 1.40 bits per heavy atom. The third kappa shape index (κ3) is 16.9. The number of hydrogen-bond donors (Lipinski definition) is 16. The first-order chi connectivity index (χ1) is 39.7. The van der Waals surface area contributed by atoms with E-state index in [-0.39, 0.29) is 13.2 Å². The lowest BCUT2D eigenvalue weighted by atomic mass is 9.96. The van der Waals surface area contributed by atoms with Gasteiger partial charge in [0.15, 0.2) is 44.0 Å². The SMILES string of the molecule is CC(C)=CCCC(C)=CCCC(C)=CCOC1OC(COC2OCC(OC3OCC(O)C(O)C3O)C(O)C2O)C(O)C(OC2OC(C)C(OC3OC(C)C(OC4OCC(OC5OC(C)C(O)C(O)C5O)C(O)C4O)C(O)C3O)C(O)C2O)C1O.